The van der Waals surface area contributed by atoms with Crippen LogP contribution in [0.4, 0.5) is 8.78 Å². The van der Waals surface area contributed by atoms with Gasteiger partial charge in [0, 0.05) is 0 Å². The van der Waals surface area contributed by atoms with E-state index in [4.69, 9.17) is 14.2 Å². The van der Waals surface area contributed by atoms with Gasteiger partial charge in [-0.3, -0.25) is 0 Å². The first-order valence-corrected chi connectivity index (χ1v) is 5.88. The van der Waals surface area contributed by atoms with Crippen LogP contribution in [0.2, 0.25) is 0 Å². The van der Waals surface area contributed by atoms with Crippen LogP contribution in [0.3, 0.4) is 0 Å². The van der Waals surface area contributed by atoms with Crippen molar-refractivity contribution in [2.24, 2.45) is 0 Å². The molecule has 2 atom stereocenters. The number of rotatable bonds is 5. The van der Waals surface area contributed by atoms with Crippen molar-refractivity contribution in [1.82, 2.24) is 0 Å². The topological polar surface area (TPSA) is 27.7 Å². The van der Waals surface area contributed by atoms with Gasteiger partial charge in [0.2, 0.25) is 0 Å². The molecular formula is C13H16F2O3. The molecule has 2 rings (SSSR count). The van der Waals surface area contributed by atoms with Crippen LogP contribution in [0.15, 0.2) is 30.3 Å². The van der Waals surface area contributed by atoms with Crippen molar-refractivity contribution in [2.45, 2.75) is 25.2 Å². The molecule has 5 heteroatoms. The summed E-state index contributed by atoms with van der Waals surface area (Å²) in [4.78, 5) is 0. The fraction of sp³-hybridized carbons (Fsp3) is 0.538. The predicted molar refractivity (Wildman–Crippen MR) is 61.6 cm³/mol. The summed E-state index contributed by atoms with van der Waals surface area (Å²) in [5.41, 5.74) is 1.07. The van der Waals surface area contributed by atoms with Crippen LogP contribution >= 0.6 is 0 Å². The van der Waals surface area contributed by atoms with Crippen LogP contribution in [0.25, 0.3) is 0 Å². The number of hydrogen-bond donors (Lipinski definition) is 0. The molecule has 1 aliphatic heterocycles. The Kier molecular flexibility index (Phi) is 5.04. The smallest absolute Gasteiger partial charge is 0.266 e. The van der Waals surface area contributed by atoms with Crippen molar-refractivity contribution in [2.75, 3.05) is 19.8 Å². The summed E-state index contributed by atoms with van der Waals surface area (Å²) in [5.74, 6) is 0. The lowest BCUT2D eigenvalue weighted by Gasteiger charge is -2.28. The van der Waals surface area contributed by atoms with E-state index in [1.807, 2.05) is 30.3 Å². The third kappa shape index (κ3) is 4.01. The number of alkyl halides is 2. The van der Waals surface area contributed by atoms with E-state index in [-0.39, 0.29) is 19.3 Å². The maximum atomic E-state index is 12.3. The molecule has 1 heterocycles. The van der Waals surface area contributed by atoms with Gasteiger partial charge in [-0.15, -0.1) is 0 Å². The Morgan fingerprint density at radius 3 is 2.56 bits per heavy atom. The average Bonchev–Trinajstić information content (AvgIpc) is 2.40. The molecule has 0 radical (unpaired) electrons. The third-order valence-electron chi connectivity index (χ3n) is 2.69. The Morgan fingerprint density at radius 1 is 1.17 bits per heavy atom. The zero-order chi connectivity index (χ0) is 12.8. The second-order valence-electron chi connectivity index (χ2n) is 4.16. The normalized spacial score (nSPS) is 24.4. The molecule has 1 aromatic carbocycles. The third-order valence-corrected chi connectivity index (χ3v) is 2.69. The van der Waals surface area contributed by atoms with Crippen LogP contribution in [0, 0.1) is 0 Å². The fourth-order valence-electron chi connectivity index (χ4n) is 1.68. The van der Waals surface area contributed by atoms with Gasteiger partial charge in [-0.25, -0.2) is 8.78 Å². The van der Waals surface area contributed by atoms with Crippen molar-refractivity contribution in [3.63, 3.8) is 0 Å². The van der Waals surface area contributed by atoms with E-state index in [0.717, 1.165) is 5.56 Å². The highest BCUT2D eigenvalue weighted by Gasteiger charge is 2.28. The summed E-state index contributed by atoms with van der Waals surface area (Å²) in [6, 6.07) is 9.74. The number of hydrogen-bond acceptors (Lipinski definition) is 3. The maximum Gasteiger partial charge on any atom is 0.266 e. The lowest BCUT2D eigenvalue weighted by Crippen LogP contribution is -2.41. The molecule has 0 aromatic heterocycles. The summed E-state index contributed by atoms with van der Waals surface area (Å²) < 4.78 is 40.3. The zero-order valence-corrected chi connectivity index (χ0v) is 9.93. The highest BCUT2D eigenvalue weighted by Crippen LogP contribution is 2.14. The zero-order valence-electron chi connectivity index (χ0n) is 9.93. The number of ether oxygens (including phenoxy) is 3. The van der Waals surface area contributed by atoms with Gasteiger partial charge in [0.15, 0.2) is 0 Å². The van der Waals surface area contributed by atoms with Gasteiger partial charge in [0.25, 0.3) is 6.43 Å². The molecule has 3 nitrogen and oxygen atoms in total. The Hall–Kier alpha value is -1.04. The van der Waals surface area contributed by atoms with E-state index in [2.05, 4.69) is 0 Å². The standard InChI is InChI=1S/C13H16F2O3/c14-13(15)12-9-17-11(8-18-12)7-16-6-10-4-2-1-3-5-10/h1-5,11-13H,6-9H2. The minimum atomic E-state index is -2.49. The minimum absolute atomic E-state index is 0.0724. The predicted octanol–water partition coefficient (Wildman–Crippen LogP) is 2.25. The maximum absolute atomic E-state index is 12.3. The molecule has 0 aliphatic carbocycles. The second kappa shape index (κ2) is 6.78. The molecule has 0 N–H and O–H groups in total. The summed E-state index contributed by atoms with van der Waals surface area (Å²) >= 11 is 0. The SMILES string of the molecule is FC(F)C1COC(COCc2ccccc2)CO1. The molecule has 0 saturated carbocycles. The van der Waals surface area contributed by atoms with Gasteiger partial charge in [0.1, 0.15) is 12.2 Å². The van der Waals surface area contributed by atoms with Crippen molar-refractivity contribution in [3.05, 3.63) is 35.9 Å². The first-order chi connectivity index (χ1) is 8.75. The van der Waals surface area contributed by atoms with Gasteiger partial charge >= 0.3 is 0 Å². The molecule has 1 saturated heterocycles. The van der Waals surface area contributed by atoms with Crippen molar-refractivity contribution >= 4 is 0 Å². The second-order valence-corrected chi connectivity index (χ2v) is 4.16. The van der Waals surface area contributed by atoms with Gasteiger partial charge < -0.3 is 14.2 Å². The van der Waals surface area contributed by atoms with E-state index in [0.29, 0.717) is 13.2 Å². The molecule has 18 heavy (non-hydrogen) atoms. The Labute approximate surface area is 105 Å². The van der Waals surface area contributed by atoms with E-state index in [9.17, 15) is 8.78 Å². The molecule has 0 bridgehead atoms. The monoisotopic (exact) mass is 258 g/mol. The molecule has 1 aliphatic rings. The summed E-state index contributed by atoms with van der Waals surface area (Å²) in [6.45, 7) is 0.921. The van der Waals surface area contributed by atoms with Crippen LogP contribution in [-0.2, 0) is 20.8 Å². The highest BCUT2D eigenvalue weighted by atomic mass is 19.3. The first kappa shape index (κ1) is 13.4. The fourth-order valence-corrected chi connectivity index (χ4v) is 1.68. The Morgan fingerprint density at radius 2 is 1.94 bits per heavy atom. The van der Waals surface area contributed by atoms with Gasteiger partial charge in [-0.05, 0) is 5.56 Å². The van der Waals surface area contributed by atoms with E-state index >= 15 is 0 Å². The summed E-state index contributed by atoms with van der Waals surface area (Å²) in [7, 11) is 0. The van der Waals surface area contributed by atoms with Crippen molar-refractivity contribution in [1.29, 1.82) is 0 Å². The Bertz CT molecular complexity index is 337. The van der Waals surface area contributed by atoms with Crippen LogP contribution in [0.1, 0.15) is 5.56 Å². The van der Waals surface area contributed by atoms with Crippen molar-refractivity contribution < 1.29 is 23.0 Å². The van der Waals surface area contributed by atoms with Crippen molar-refractivity contribution in [3.8, 4) is 0 Å². The molecular weight excluding hydrogens is 242 g/mol. The van der Waals surface area contributed by atoms with E-state index < -0.39 is 12.5 Å². The molecule has 1 fully saturated rings. The largest absolute Gasteiger partial charge is 0.374 e. The van der Waals surface area contributed by atoms with E-state index in [1.54, 1.807) is 0 Å². The van der Waals surface area contributed by atoms with Gasteiger partial charge in [0.05, 0.1) is 26.4 Å². The molecule has 100 valence electrons. The molecule has 0 spiro atoms. The lowest BCUT2D eigenvalue weighted by atomic mass is 10.2. The number of benzene rings is 1. The molecule has 0 amide bonds. The molecule has 1 aromatic rings. The van der Waals surface area contributed by atoms with Gasteiger partial charge in [-0.2, -0.15) is 0 Å². The minimum Gasteiger partial charge on any atom is -0.374 e. The lowest BCUT2D eigenvalue weighted by molar-refractivity contribution is -0.186. The first-order valence-electron chi connectivity index (χ1n) is 5.88. The molecule has 2 unspecified atom stereocenters. The number of halogens is 2. The summed E-state index contributed by atoms with van der Waals surface area (Å²) in [6.07, 6.45) is -3.85. The Balaban J connectivity index is 1.64. The summed E-state index contributed by atoms with van der Waals surface area (Å²) in [5, 5.41) is 0. The van der Waals surface area contributed by atoms with Crippen LogP contribution < -0.4 is 0 Å². The average molecular weight is 258 g/mol. The van der Waals surface area contributed by atoms with Crippen LogP contribution in [0.5, 0.6) is 0 Å². The highest BCUT2D eigenvalue weighted by molar-refractivity contribution is 5.13. The van der Waals surface area contributed by atoms with E-state index in [1.165, 1.54) is 0 Å². The van der Waals surface area contributed by atoms with Crippen LogP contribution in [-0.4, -0.2) is 38.5 Å². The quantitative estimate of drug-likeness (QED) is 0.810. The van der Waals surface area contributed by atoms with Gasteiger partial charge in [-0.1, -0.05) is 30.3 Å².